The van der Waals surface area contributed by atoms with E-state index in [-0.39, 0.29) is 25.0 Å². The Morgan fingerprint density at radius 2 is 1.94 bits per heavy atom. The highest BCUT2D eigenvalue weighted by molar-refractivity contribution is 5.81. The lowest BCUT2D eigenvalue weighted by Crippen LogP contribution is -2.26. The smallest absolute Gasteiger partial charge is 0.347 e. The molecule has 8 nitrogen and oxygen atoms in total. The third-order valence-electron chi connectivity index (χ3n) is 4.96. The van der Waals surface area contributed by atoms with E-state index in [1.165, 1.54) is 4.57 Å². The molecule has 8 heteroatoms. The molecule has 1 fully saturated rings. The minimum absolute atomic E-state index is 0.0222. The maximum Gasteiger partial charge on any atom is 0.347 e. The van der Waals surface area contributed by atoms with Gasteiger partial charge in [-0.1, -0.05) is 12.1 Å². The van der Waals surface area contributed by atoms with Crippen molar-refractivity contribution in [2.24, 2.45) is 0 Å². The van der Waals surface area contributed by atoms with Gasteiger partial charge in [-0.2, -0.15) is 0 Å². The van der Waals surface area contributed by atoms with Crippen LogP contribution in [0.3, 0.4) is 0 Å². The van der Waals surface area contributed by atoms with Gasteiger partial charge < -0.3 is 14.2 Å². The molecule has 2 aromatic carbocycles. The zero-order chi connectivity index (χ0) is 21.8. The number of hydrogen-bond donors (Lipinski definition) is 0. The standard InChI is InChI=1S/C23H22N2O6/c1-2-29-16-9-7-15(8-10-16)25-20(24-18-6-4-3-5-17(18)22(25)27)11-12-21(26)31-19-13-14-30-23(19)28/h3-10,19H,2,11-14H2,1H3. The maximum absolute atomic E-state index is 13.2. The highest BCUT2D eigenvalue weighted by Gasteiger charge is 2.30. The number of carbonyl (C=O) groups excluding carboxylic acids is 2. The molecule has 1 aliphatic rings. The second-order valence-corrected chi connectivity index (χ2v) is 7.05. The topological polar surface area (TPSA) is 96.7 Å². The van der Waals surface area contributed by atoms with Gasteiger partial charge in [-0.05, 0) is 43.3 Å². The fourth-order valence-electron chi connectivity index (χ4n) is 3.49. The molecule has 1 unspecified atom stereocenters. The summed E-state index contributed by atoms with van der Waals surface area (Å²) < 4.78 is 17.0. The number of rotatable bonds is 7. The van der Waals surface area contributed by atoms with Crippen LogP contribution in [0.25, 0.3) is 16.6 Å². The zero-order valence-electron chi connectivity index (χ0n) is 17.1. The lowest BCUT2D eigenvalue weighted by molar-refractivity contribution is -0.160. The number of benzene rings is 2. The molecule has 2 heterocycles. The lowest BCUT2D eigenvalue weighted by atomic mass is 10.2. The van der Waals surface area contributed by atoms with Crippen LogP contribution in [0.5, 0.6) is 5.75 Å². The normalized spacial score (nSPS) is 15.6. The minimum Gasteiger partial charge on any atom is -0.494 e. The van der Waals surface area contributed by atoms with Crippen LogP contribution in [-0.4, -0.2) is 40.8 Å². The van der Waals surface area contributed by atoms with Crippen LogP contribution in [0.1, 0.15) is 25.6 Å². The summed E-state index contributed by atoms with van der Waals surface area (Å²) in [5.41, 5.74) is 0.948. The van der Waals surface area contributed by atoms with Crippen molar-refractivity contribution in [3.05, 3.63) is 64.7 Å². The van der Waals surface area contributed by atoms with Crippen molar-refractivity contribution in [3.63, 3.8) is 0 Å². The second-order valence-electron chi connectivity index (χ2n) is 7.05. The van der Waals surface area contributed by atoms with Crippen molar-refractivity contribution in [3.8, 4) is 11.4 Å². The third-order valence-corrected chi connectivity index (χ3v) is 4.96. The summed E-state index contributed by atoms with van der Waals surface area (Å²) in [5.74, 6) is 0.0633. The quantitative estimate of drug-likeness (QED) is 0.540. The summed E-state index contributed by atoms with van der Waals surface area (Å²) >= 11 is 0. The Balaban J connectivity index is 1.64. The number of carbonyl (C=O) groups is 2. The molecule has 1 saturated heterocycles. The predicted molar refractivity (Wildman–Crippen MR) is 112 cm³/mol. The van der Waals surface area contributed by atoms with Gasteiger partial charge in [-0.15, -0.1) is 0 Å². The van der Waals surface area contributed by atoms with Gasteiger partial charge in [0.2, 0.25) is 6.10 Å². The Hall–Kier alpha value is -3.68. The van der Waals surface area contributed by atoms with Gasteiger partial charge in [0.15, 0.2) is 0 Å². The first kappa shape index (κ1) is 20.6. The van der Waals surface area contributed by atoms with Crippen LogP contribution in [0.15, 0.2) is 53.3 Å². The number of fused-ring (bicyclic) bond motifs is 1. The molecule has 0 bridgehead atoms. The monoisotopic (exact) mass is 422 g/mol. The summed E-state index contributed by atoms with van der Waals surface area (Å²) in [6.45, 7) is 2.69. The first-order valence-electron chi connectivity index (χ1n) is 10.2. The lowest BCUT2D eigenvalue weighted by Gasteiger charge is -2.14. The molecule has 0 N–H and O–H groups in total. The first-order valence-corrected chi connectivity index (χ1v) is 10.2. The summed E-state index contributed by atoms with van der Waals surface area (Å²) in [5, 5.41) is 0.483. The van der Waals surface area contributed by atoms with E-state index in [2.05, 4.69) is 4.98 Å². The summed E-state index contributed by atoms with van der Waals surface area (Å²) in [7, 11) is 0. The van der Waals surface area contributed by atoms with Gasteiger partial charge in [0.1, 0.15) is 11.6 Å². The molecule has 1 atom stereocenters. The SMILES string of the molecule is CCOc1ccc(-n2c(CCC(=O)OC3CCOC3=O)nc3ccccc3c2=O)cc1. The van der Waals surface area contributed by atoms with Crippen LogP contribution in [0.2, 0.25) is 0 Å². The van der Waals surface area contributed by atoms with Crippen LogP contribution in [-0.2, 0) is 25.5 Å². The van der Waals surface area contributed by atoms with Gasteiger partial charge in [-0.25, -0.2) is 9.78 Å². The fourth-order valence-corrected chi connectivity index (χ4v) is 3.49. The number of hydrogen-bond acceptors (Lipinski definition) is 7. The number of para-hydroxylation sites is 1. The van der Waals surface area contributed by atoms with Crippen molar-refractivity contribution in [1.82, 2.24) is 9.55 Å². The van der Waals surface area contributed by atoms with E-state index < -0.39 is 18.0 Å². The van der Waals surface area contributed by atoms with Crippen LogP contribution in [0, 0.1) is 0 Å². The maximum atomic E-state index is 13.2. The number of ether oxygens (including phenoxy) is 3. The molecule has 0 saturated carbocycles. The molecule has 0 amide bonds. The molecule has 1 aromatic heterocycles. The molecular formula is C23H22N2O6. The molecule has 0 spiro atoms. The average molecular weight is 422 g/mol. The Bertz CT molecular complexity index is 1170. The van der Waals surface area contributed by atoms with E-state index in [4.69, 9.17) is 14.2 Å². The van der Waals surface area contributed by atoms with E-state index in [1.54, 1.807) is 48.5 Å². The van der Waals surface area contributed by atoms with E-state index >= 15 is 0 Å². The Morgan fingerprint density at radius 1 is 1.16 bits per heavy atom. The summed E-state index contributed by atoms with van der Waals surface area (Å²) in [6.07, 6.45) is -0.347. The Labute approximate surface area is 178 Å². The summed E-state index contributed by atoms with van der Waals surface area (Å²) in [6, 6.07) is 14.2. The highest BCUT2D eigenvalue weighted by atomic mass is 16.6. The molecule has 160 valence electrons. The number of aryl methyl sites for hydroxylation is 1. The molecule has 0 aliphatic carbocycles. The van der Waals surface area contributed by atoms with Crippen LogP contribution >= 0.6 is 0 Å². The summed E-state index contributed by atoms with van der Waals surface area (Å²) in [4.78, 5) is 41.7. The van der Waals surface area contributed by atoms with E-state index in [0.29, 0.717) is 41.2 Å². The molecular weight excluding hydrogens is 400 g/mol. The molecule has 3 aromatic rings. The number of nitrogens with zero attached hydrogens (tertiary/aromatic N) is 2. The predicted octanol–water partition coefficient (Wildman–Crippen LogP) is 2.58. The molecule has 1 aliphatic heterocycles. The van der Waals surface area contributed by atoms with Crippen molar-refractivity contribution in [1.29, 1.82) is 0 Å². The van der Waals surface area contributed by atoms with Gasteiger partial charge in [-0.3, -0.25) is 14.2 Å². The second kappa shape index (κ2) is 8.99. The minimum atomic E-state index is -0.856. The Kier molecular flexibility index (Phi) is 5.97. The van der Waals surface area contributed by atoms with Gasteiger partial charge in [0.25, 0.3) is 5.56 Å². The largest absolute Gasteiger partial charge is 0.494 e. The number of esters is 2. The van der Waals surface area contributed by atoms with Crippen LogP contribution in [0.4, 0.5) is 0 Å². The highest BCUT2D eigenvalue weighted by Crippen LogP contribution is 2.18. The third kappa shape index (κ3) is 4.42. The molecule has 0 radical (unpaired) electrons. The van der Waals surface area contributed by atoms with Gasteiger partial charge in [0.05, 0.1) is 36.2 Å². The fraction of sp³-hybridized carbons (Fsp3) is 0.304. The molecule has 4 rings (SSSR count). The average Bonchev–Trinajstić information content (AvgIpc) is 3.18. The van der Waals surface area contributed by atoms with Crippen LogP contribution < -0.4 is 10.3 Å². The zero-order valence-corrected chi connectivity index (χ0v) is 17.1. The Morgan fingerprint density at radius 3 is 2.65 bits per heavy atom. The molecule has 31 heavy (non-hydrogen) atoms. The van der Waals surface area contributed by atoms with Gasteiger partial charge in [0, 0.05) is 12.8 Å². The van der Waals surface area contributed by atoms with Crippen molar-refractivity contribution in [2.75, 3.05) is 13.2 Å². The van der Waals surface area contributed by atoms with Gasteiger partial charge >= 0.3 is 11.9 Å². The van der Waals surface area contributed by atoms with E-state index in [0.717, 1.165) is 0 Å². The number of aromatic nitrogens is 2. The van der Waals surface area contributed by atoms with Crippen molar-refractivity contribution < 1.29 is 23.8 Å². The first-order chi connectivity index (χ1) is 15.1. The number of cyclic esters (lactones) is 1. The van der Waals surface area contributed by atoms with E-state index in [1.807, 2.05) is 6.92 Å². The van der Waals surface area contributed by atoms with Crippen molar-refractivity contribution >= 4 is 22.8 Å². The van der Waals surface area contributed by atoms with Crippen molar-refractivity contribution in [2.45, 2.75) is 32.3 Å². The van der Waals surface area contributed by atoms with E-state index in [9.17, 15) is 14.4 Å².